The Hall–Kier alpha value is -1.06. The molecular weight excluding hydrogens is 224 g/mol. The number of aliphatic hydroxyl groups is 1. The highest BCUT2D eigenvalue weighted by molar-refractivity contribution is 5.61. The van der Waals surface area contributed by atoms with Gasteiger partial charge >= 0.3 is 0 Å². The first kappa shape index (κ1) is 12.0. The van der Waals surface area contributed by atoms with E-state index in [4.69, 9.17) is 0 Å². The molecule has 3 heteroatoms. The van der Waals surface area contributed by atoms with Gasteiger partial charge in [-0.1, -0.05) is 24.6 Å². The smallest absolute Gasteiger partial charge is 0.0580 e. The number of nitrogens with one attached hydrogen (secondary N) is 2. The minimum atomic E-state index is -0.0860. The number of benzene rings is 1. The molecule has 0 bridgehead atoms. The van der Waals surface area contributed by atoms with Gasteiger partial charge in [-0.25, -0.2) is 0 Å². The fourth-order valence-electron chi connectivity index (χ4n) is 3.21. The quantitative estimate of drug-likeness (QED) is 0.760. The van der Waals surface area contributed by atoms with Crippen molar-refractivity contribution < 1.29 is 5.11 Å². The molecule has 18 heavy (non-hydrogen) atoms. The molecule has 0 radical (unpaired) electrons. The molecule has 2 unspecified atom stereocenters. The van der Waals surface area contributed by atoms with Gasteiger partial charge in [0.1, 0.15) is 0 Å². The first-order valence-corrected chi connectivity index (χ1v) is 7.08. The lowest BCUT2D eigenvalue weighted by molar-refractivity contribution is 0.131. The average Bonchev–Trinajstić information content (AvgIpc) is 2.99. The Bertz CT molecular complexity index is 419. The summed E-state index contributed by atoms with van der Waals surface area (Å²) in [5, 5.41) is 16.8. The number of anilines is 1. The lowest BCUT2D eigenvalue weighted by Crippen LogP contribution is -2.27. The van der Waals surface area contributed by atoms with Gasteiger partial charge in [0.25, 0.3) is 0 Å². The predicted molar refractivity (Wildman–Crippen MR) is 73.7 cm³/mol. The van der Waals surface area contributed by atoms with Crippen LogP contribution in [0.4, 0.5) is 5.69 Å². The molecule has 1 heterocycles. The second-order valence-corrected chi connectivity index (χ2v) is 5.52. The zero-order valence-electron chi connectivity index (χ0n) is 10.8. The van der Waals surface area contributed by atoms with E-state index in [0.29, 0.717) is 5.92 Å². The van der Waals surface area contributed by atoms with E-state index in [1.807, 2.05) is 0 Å². The van der Waals surface area contributed by atoms with E-state index in [2.05, 4.69) is 28.8 Å². The van der Waals surface area contributed by atoms with E-state index in [9.17, 15) is 5.11 Å². The summed E-state index contributed by atoms with van der Waals surface area (Å²) < 4.78 is 0. The molecule has 0 amide bonds. The number of para-hydroxylation sites is 1. The van der Waals surface area contributed by atoms with Crippen LogP contribution in [0.5, 0.6) is 0 Å². The van der Waals surface area contributed by atoms with E-state index in [-0.39, 0.29) is 6.10 Å². The van der Waals surface area contributed by atoms with Crippen LogP contribution in [0.1, 0.15) is 30.4 Å². The first-order valence-electron chi connectivity index (χ1n) is 7.08. The molecule has 2 aliphatic rings. The predicted octanol–water partition coefficient (Wildman–Crippen LogP) is 1.91. The summed E-state index contributed by atoms with van der Waals surface area (Å²) in [6, 6.07) is 6.54. The van der Waals surface area contributed by atoms with Crippen LogP contribution in [0.25, 0.3) is 0 Å². The summed E-state index contributed by atoms with van der Waals surface area (Å²) in [6.07, 6.45) is 4.38. The molecule has 3 rings (SSSR count). The highest BCUT2D eigenvalue weighted by atomic mass is 16.3. The van der Waals surface area contributed by atoms with Gasteiger partial charge in [-0.05, 0) is 36.3 Å². The fraction of sp³-hybridized carbons (Fsp3) is 0.600. The molecule has 1 aliphatic heterocycles. The van der Waals surface area contributed by atoms with Crippen molar-refractivity contribution in [2.75, 3.05) is 18.4 Å². The molecule has 2 atom stereocenters. The molecule has 98 valence electrons. The SMILES string of the molecule is OC1CCCC1CNCc1cccc2c1NCC2. The number of fused-ring (bicyclic) bond motifs is 1. The highest BCUT2D eigenvalue weighted by Gasteiger charge is 2.24. The summed E-state index contributed by atoms with van der Waals surface area (Å²) in [5.41, 5.74) is 4.13. The third-order valence-corrected chi connectivity index (χ3v) is 4.27. The van der Waals surface area contributed by atoms with E-state index in [0.717, 1.165) is 32.5 Å². The maximum atomic E-state index is 9.79. The Morgan fingerprint density at radius 3 is 3.11 bits per heavy atom. The minimum Gasteiger partial charge on any atom is -0.393 e. The van der Waals surface area contributed by atoms with Crippen LogP contribution in [0.2, 0.25) is 0 Å². The van der Waals surface area contributed by atoms with E-state index in [1.54, 1.807) is 0 Å². The molecule has 3 nitrogen and oxygen atoms in total. The molecule has 1 saturated carbocycles. The van der Waals surface area contributed by atoms with Gasteiger partial charge in [0, 0.05) is 25.3 Å². The molecule has 3 N–H and O–H groups in total. The second kappa shape index (κ2) is 5.29. The van der Waals surface area contributed by atoms with Crippen molar-refractivity contribution in [3.05, 3.63) is 29.3 Å². The molecule has 0 spiro atoms. The monoisotopic (exact) mass is 246 g/mol. The maximum absolute atomic E-state index is 9.79. The average molecular weight is 246 g/mol. The van der Waals surface area contributed by atoms with Gasteiger partial charge in [0.05, 0.1) is 6.10 Å². The van der Waals surface area contributed by atoms with Crippen molar-refractivity contribution in [2.24, 2.45) is 5.92 Å². The standard InChI is InChI=1S/C15H22N2O/c18-14-6-2-4-12(14)9-16-10-13-5-1-3-11-7-8-17-15(11)13/h1,3,5,12,14,16-18H,2,4,6-10H2. The number of hydrogen-bond donors (Lipinski definition) is 3. The molecule has 1 aliphatic carbocycles. The Balaban J connectivity index is 1.56. The fourth-order valence-corrected chi connectivity index (χ4v) is 3.21. The third kappa shape index (κ3) is 2.38. The van der Waals surface area contributed by atoms with Gasteiger partial charge in [0.2, 0.25) is 0 Å². The maximum Gasteiger partial charge on any atom is 0.0580 e. The second-order valence-electron chi connectivity index (χ2n) is 5.52. The van der Waals surface area contributed by atoms with Crippen LogP contribution >= 0.6 is 0 Å². The summed E-state index contributed by atoms with van der Waals surface area (Å²) in [6.45, 7) is 2.90. The van der Waals surface area contributed by atoms with Gasteiger partial charge < -0.3 is 15.7 Å². The van der Waals surface area contributed by atoms with Gasteiger partial charge in [-0.2, -0.15) is 0 Å². The van der Waals surface area contributed by atoms with Crippen molar-refractivity contribution in [1.82, 2.24) is 5.32 Å². The molecule has 1 aromatic rings. The lowest BCUT2D eigenvalue weighted by atomic mass is 10.1. The summed E-state index contributed by atoms with van der Waals surface area (Å²) in [7, 11) is 0. The van der Waals surface area contributed by atoms with Crippen molar-refractivity contribution >= 4 is 5.69 Å². The van der Waals surface area contributed by atoms with Crippen LogP contribution in [0, 0.1) is 5.92 Å². The lowest BCUT2D eigenvalue weighted by Gasteiger charge is -2.16. The Morgan fingerprint density at radius 2 is 2.28 bits per heavy atom. The Labute approximate surface area is 109 Å². The van der Waals surface area contributed by atoms with Crippen LogP contribution in [-0.2, 0) is 13.0 Å². The molecule has 1 aromatic carbocycles. The molecule has 0 saturated heterocycles. The molecular formula is C15H22N2O. The number of hydrogen-bond acceptors (Lipinski definition) is 3. The largest absolute Gasteiger partial charge is 0.393 e. The topological polar surface area (TPSA) is 44.3 Å². The summed E-state index contributed by atoms with van der Waals surface area (Å²) in [5.74, 6) is 0.453. The van der Waals surface area contributed by atoms with Gasteiger partial charge in [-0.3, -0.25) is 0 Å². The normalized spacial score (nSPS) is 26.1. The van der Waals surface area contributed by atoms with Crippen molar-refractivity contribution in [3.63, 3.8) is 0 Å². The van der Waals surface area contributed by atoms with Crippen LogP contribution in [0.15, 0.2) is 18.2 Å². The van der Waals surface area contributed by atoms with E-state index in [1.165, 1.54) is 29.7 Å². The molecule has 0 aromatic heterocycles. The van der Waals surface area contributed by atoms with Crippen molar-refractivity contribution in [2.45, 2.75) is 38.3 Å². The zero-order valence-corrected chi connectivity index (χ0v) is 10.8. The Morgan fingerprint density at radius 1 is 1.33 bits per heavy atom. The minimum absolute atomic E-state index is 0.0860. The van der Waals surface area contributed by atoms with Crippen molar-refractivity contribution in [1.29, 1.82) is 0 Å². The van der Waals surface area contributed by atoms with Gasteiger partial charge in [-0.15, -0.1) is 0 Å². The van der Waals surface area contributed by atoms with Crippen LogP contribution in [0.3, 0.4) is 0 Å². The molecule has 1 fully saturated rings. The van der Waals surface area contributed by atoms with E-state index >= 15 is 0 Å². The zero-order chi connectivity index (χ0) is 12.4. The highest BCUT2D eigenvalue weighted by Crippen LogP contribution is 2.27. The van der Waals surface area contributed by atoms with E-state index < -0.39 is 0 Å². The Kier molecular flexibility index (Phi) is 3.52. The number of rotatable bonds is 4. The summed E-state index contributed by atoms with van der Waals surface area (Å²) in [4.78, 5) is 0. The van der Waals surface area contributed by atoms with Gasteiger partial charge in [0.15, 0.2) is 0 Å². The van der Waals surface area contributed by atoms with Crippen LogP contribution in [-0.4, -0.2) is 24.3 Å². The first-order chi connectivity index (χ1) is 8.84. The van der Waals surface area contributed by atoms with Crippen molar-refractivity contribution in [3.8, 4) is 0 Å². The number of aliphatic hydroxyl groups excluding tert-OH is 1. The third-order valence-electron chi connectivity index (χ3n) is 4.27. The van der Waals surface area contributed by atoms with Crippen LogP contribution < -0.4 is 10.6 Å². The summed E-state index contributed by atoms with van der Waals surface area (Å²) >= 11 is 0.